The summed E-state index contributed by atoms with van der Waals surface area (Å²) in [5.74, 6) is -1.87. The van der Waals surface area contributed by atoms with Gasteiger partial charge in [0.25, 0.3) is 29.1 Å². The topological polar surface area (TPSA) is 331 Å². The van der Waals surface area contributed by atoms with Crippen molar-refractivity contribution in [3.8, 4) is 5.75 Å². The number of fused-ring (bicyclic) bond motifs is 3. The normalized spacial score (nSPS) is 12.1. The minimum atomic E-state index is -3.91. The van der Waals surface area contributed by atoms with Gasteiger partial charge in [0.05, 0.1) is 95.2 Å². The van der Waals surface area contributed by atoms with Crippen LogP contribution in [0, 0.1) is 26.7 Å². The zero-order valence-corrected chi connectivity index (χ0v) is 68.6. The van der Waals surface area contributed by atoms with E-state index in [0.717, 1.165) is 66.8 Å². The number of benzene rings is 7. The monoisotopic (exact) mass is 1680 g/mol. The molecule has 2 aliphatic rings. The average molecular weight is 1680 g/mol. The third-order valence-corrected chi connectivity index (χ3v) is 20.1. The number of phenols is 1. The Bertz CT molecular complexity index is 4630. The van der Waals surface area contributed by atoms with Crippen molar-refractivity contribution < 1.29 is 141 Å². The van der Waals surface area contributed by atoms with Gasteiger partial charge in [0.1, 0.15) is 5.75 Å². The maximum absolute atomic E-state index is 12.8. The average Bonchev–Trinajstić information content (AvgIpc) is 1.58. The summed E-state index contributed by atoms with van der Waals surface area (Å²) in [6.07, 6.45) is 4.76. The standard InChI is InChI=1S/C15H11BrN2O4S.C15H13BrN2O3S.C10H12O3.C9H6BrNO2.C7H7ClO2S.C5H9ClO2.C5H11NO.B.2Na.2H/c1-9-2-4-11(5-3-9)23(21,22)18-14-7-10(15(19)20)6-13(16)12(14)8-17-18;1-10-2-4-12(5-3-10)22(20,21)18-15-7-11(9-19)6-14(16)13(15)8-17-18;1-2-13-10(12)7-8-5-3-4-6-9(8)11;10-8-2-5(9(12)13)1-6-3-11-4-7(6)8;1-6-2-4-7(5-3-6)11(8,9)10;1-4(2)3-8-5(6)7;1-6-2-4-7-5-3-6;;;;;/h2-8H,1H3,(H,19,20);2-8,19H,9H2,1H3;3-6,11H,2,7H2,1H3;1-2,4H,3H2,(H,12,13);2-5H,1H3;4H,3H2,1-2H3;2-5H2,1H3;;;;;/q;;;;;;;;2*+1;2*-1. The Morgan fingerprint density at radius 1 is 0.660 bits per heavy atom. The molecule has 0 amide bonds. The number of likely N-dealkylation sites (N-methyl/N-ethyl adjacent to an activating group) is 1. The van der Waals surface area contributed by atoms with E-state index in [9.17, 15) is 54.6 Å². The number of phenolic OH excluding ortho intramolecular Hbond substituents is 1. The number of aliphatic hydroxyl groups is 1. The maximum Gasteiger partial charge on any atom is 1.00 e. The number of hydrogen-bond acceptors (Lipinski definition) is 19. The zero-order valence-electron chi connectivity index (χ0n) is 57.8. The summed E-state index contributed by atoms with van der Waals surface area (Å²) < 4.78 is 90.5. The van der Waals surface area contributed by atoms with Gasteiger partial charge in [-0.2, -0.15) is 35.2 Å². The van der Waals surface area contributed by atoms with Crippen LogP contribution >= 0.6 is 70.1 Å². The largest absolute Gasteiger partial charge is 1.00 e. The van der Waals surface area contributed by atoms with Gasteiger partial charge in [-0.05, 0) is 131 Å². The summed E-state index contributed by atoms with van der Waals surface area (Å²) in [6.45, 7) is 16.5. The van der Waals surface area contributed by atoms with Gasteiger partial charge in [-0.25, -0.2) is 22.8 Å². The molecular formula is C66H71BBr3Cl2N6Na2O17S3. The second-order valence-corrected chi connectivity index (χ2v) is 30.5. The molecule has 4 heterocycles. The van der Waals surface area contributed by atoms with E-state index < -0.39 is 46.5 Å². The molecule has 0 unspecified atom stereocenters. The van der Waals surface area contributed by atoms with Gasteiger partial charge >= 0.3 is 82.5 Å². The summed E-state index contributed by atoms with van der Waals surface area (Å²) in [5.41, 5.74) is 6.28. The Labute approximate surface area is 664 Å². The number of hydrogen-bond donors (Lipinski definition) is 4. The van der Waals surface area contributed by atoms with Crippen LogP contribution in [0.1, 0.15) is 83.3 Å². The van der Waals surface area contributed by atoms with Crippen molar-refractivity contribution in [2.45, 2.75) is 75.8 Å². The quantitative estimate of drug-likeness (QED) is 0.0503. The minimum Gasteiger partial charge on any atom is -1.00 e. The van der Waals surface area contributed by atoms with E-state index in [1.807, 2.05) is 34.6 Å². The van der Waals surface area contributed by atoms with Crippen LogP contribution in [0.25, 0.3) is 21.8 Å². The van der Waals surface area contributed by atoms with Crippen molar-refractivity contribution in [3.63, 3.8) is 0 Å². The van der Waals surface area contributed by atoms with Gasteiger partial charge in [-0.3, -0.25) is 9.79 Å². The SMILES string of the molecule is CC(C)COC(=O)Cl.CCOC(=O)Cc1ccccc1O.CN1CCOCC1.Cc1ccc(S(=O)(=O)Cl)cc1.Cc1ccc(S(=O)(=O)n2ncc3c(Br)cc(C(=O)O)cc32)cc1.Cc1ccc(S(=O)(=O)n2ncc3c(Br)cc(CO)cc32)cc1.O=C(O)c1cc(Br)c2c(c1)CN=C2.[B].[H-].[H-].[Na+].[Na+]. The Morgan fingerprint density at radius 2 is 1.11 bits per heavy atom. The molecular weight excluding hydrogens is 1610 g/mol. The number of carbonyl (C=O) groups is 4. The number of aryl methyl sites for hydroxylation is 3. The number of aliphatic hydroxyl groups excluding tert-OH is 1. The molecule has 525 valence electrons. The van der Waals surface area contributed by atoms with Crippen molar-refractivity contribution in [1.29, 1.82) is 0 Å². The number of ether oxygens (including phenoxy) is 3. The number of aromatic carboxylic acids is 2. The number of halogens is 5. The predicted molar refractivity (Wildman–Crippen MR) is 389 cm³/mol. The Morgan fingerprint density at radius 3 is 1.52 bits per heavy atom. The first kappa shape index (κ1) is 90.7. The Kier molecular flexibility index (Phi) is 39.1. The number of aliphatic imine (C=N–C) groups is 1. The van der Waals surface area contributed by atoms with Crippen molar-refractivity contribution >= 4 is 159 Å². The molecule has 34 heteroatoms. The van der Waals surface area contributed by atoms with Gasteiger partial charge in [0, 0.05) is 85.3 Å². The first-order chi connectivity index (χ1) is 45.7. The molecule has 0 saturated carbocycles. The van der Waals surface area contributed by atoms with E-state index in [4.69, 9.17) is 42.0 Å². The molecule has 0 bridgehead atoms. The van der Waals surface area contributed by atoms with Crippen LogP contribution in [0.4, 0.5) is 4.79 Å². The van der Waals surface area contributed by atoms with E-state index in [1.54, 1.807) is 110 Å². The molecule has 1 fully saturated rings. The number of carbonyl (C=O) groups excluding carboxylic acids is 2. The number of aromatic hydroxyl groups is 1. The molecule has 0 aliphatic carbocycles. The number of para-hydroxylation sites is 1. The summed E-state index contributed by atoms with van der Waals surface area (Å²) in [7, 11) is -4.03. The molecule has 2 aromatic heterocycles. The molecule has 0 spiro atoms. The smallest absolute Gasteiger partial charge is 1.00 e. The predicted octanol–water partition coefficient (Wildman–Crippen LogP) is 7.20. The number of nitrogens with zero attached hydrogens (tertiary/aromatic N) is 6. The molecule has 4 N–H and O–H groups in total. The fourth-order valence-corrected chi connectivity index (χ4v) is 13.4. The Hall–Kier alpha value is -5.36. The molecule has 3 radical (unpaired) electrons. The maximum atomic E-state index is 12.8. The molecule has 7 aromatic carbocycles. The van der Waals surface area contributed by atoms with Crippen molar-refractivity contribution in [2.75, 3.05) is 46.6 Å². The number of morpholine rings is 1. The number of esters is 1. The Balaban J connectivity index is 0.00000120. The van der Waals surface area contributed by atoms with Gasteiger partial charge in [0.15, 0.2) is 0 Å². The first-order valence-electron chi connectivity index (χ1n) is 29.1. The summed E-state index contributed by atoms with van der Waals surface area (Å²) >= 11 is 14.8. The zero-order chi connectivity index (χ0) is 72.0. The molecule has 100 heavy (non-hydrogen) atoms. The third kappa shape index (κ3) is 27.7. The summed E-state index contributed by atoms with van der Waals surface area (Å²) in [6, 6.07) is 35.4. The van der Waals surface area contributed by atoms with Crippen molar-refractivity contribution in [2.24, 2.45) is 10.9 Å². The summed E-state index contributed by atoms with van der Waals surface area (Å²) in [4.78, 5) is 49.5. The number of carboxylic acid groups (broad SMARTS) is 2. The second-order valence-electron chi connectivity index (χ2n) is 21.5. The van der Waals surface area contributed by atoms with Crippen LogP contribution in [-0.4, -0.2) is 153 Å². The van der Waals surface area contributed by atoms with Crippen molar-refractivity contribution in [3.05, 3.63) is 209 Å². The van der Waals surface area contributed by atoms with Crippen LogP contribution in [0.5, 0.6) is 5.75 Å². The van der Waals surface area contributed by atoms with Gasteiger partial charge in [0.2, 0.25) is 0 Å². The third-order valence-electron chi connectivity index (χ3n) is 13.4. The molecule has 1 saturated heterocycles. The molecule has 9 aromatic rings. The first-order valence-corrected chi connectivity index (χ1v) is 37.0. The van der Waals surface area contributed by atoms with Crippen LogP contribution in [0.3, 0.4) is 0 Å². The van der Waals surface area contributed by atoms with Gasteiger partial charge in [-0.1, -0.05) is 133 Å². The van der Waals surface area contributed by atoms with E-state index in [0.29, 0.717) is 67.6 Å². The van der Waals surface area contributed by atoms with E-state index >= 15 is 0 Å². The van der Waals surface area contributed by atoms with Crippen LogP contribution in [0.2, 0.25) is 0 Å². The van der Waals surface area contributed by atoms with Crippen molar-refractivity contribution in [1.82, 2.24) is 23.3 Å². The number of carboxylic acids is 2. The minimum absolute atomic E-state index is 0. The van der Waals surface area contributed by atoms with E-state index in [1.165, 1.54) is 48.8 Å². The van der Waals surface area contributed by atoms with Crippen LogP contribution in [0.15, 0.2) is 179 Å². The summed E-state index contributed by atoms with van der Waals surface area (Å²) in [5, 5.41) is 45.7. The van der Waals surface area contributed by atoms with Gasteiger partial charge < -0.3 is 42.4 Å². The number of rotatable bonds is 13. The fraction of sp³-hybridized carbons (Fsp3) is 0.258. The molecule has 11 rings (SSSR count). The second kappa shape index (κ2) is 43.0. The molecule has 0 atom stereocenters. The van der Waals surface area contributed by atoms with Crippen LogP contribution in [-0.2, 0) is 67.7 Å². The van der Waals surface area contributed by atoms with Gasteiger partial charge in [-0.15, -0.1) is 0 Å². The fourth-order valence-electron chi connectivity index (χ4n) is 8.32. The molecule has 2 aliphatic heterocycles. The van der Waals surface area contributed by atoms with E-state index in [2.05, 4.69) is 79.7 Å². The number of aromatic nitrogens is 4. The molecule has 23 nitrogen and oxygen atoms in total. The van der Waals surface area contributed by atoms with E-state index in [-0.39, 0.29) is 121 Å². The van der Waals surface area contributed by atoms with Crippen LogP contribution < -0.4 is 59.1 Å².